The normalized spacial score (nSPS) is 11.2. The third-order valence-electron chi connectivity index (χ3n) is 2.90. The molecular weight excluding hydrogens is 272 g/mol. The van der Waals surface area contributed by atoms with Crippen LogP contribution in [-0.2, 0) is 0 Å². The van der Waals surface area contributed by atoms with E-state index in [1.54, 1.807) is 25.1 Å². The van der Waals surface area contributed by atoms with Crippen molar-refractivity contribution in [2.24, 2.45) is 5.10 Å². The molecule has 0 aromatic heterocycles. The number of aryl methyl sites for hydroxylation is 1. The number of carbonyl (C=O) groups is 1. The summed E-state index contributed by atoms with van der Waals surface area (Å²) in [6, 6.07) is 14.7. The van der Waals surface area contributed by atoms with Crippen LogP contribution >= 0.6 is 11.6 Å². The number of carbonyl (C=O) groups excluding carboxylic acids is 1. The van der Waals surface area contributed by atoms with Gasteiger partial charge in [-0.25, -0.2) is 5.43 Å². The van der Waals surface area contributed by atoms with Gasteiger partial charge in [-0.05, 0) is 32.0 Å². The number of nitrogens with one attached hydrogen (secondary N) is 1. The van der Waals surface area contributed by atoms with E-state index in [1.165, 1.54) is 0 Å². The molecule has 0 spiro atoms. The first-order valence-corrected chi connectivity index (χ1v) is 6.62. The molecule has 0 aliphatic heterocycles. The minimum atomic E-state index is -0.239. The highest BCUT2D eigenvalue weighted by molar-refractivity contribution is 6.34. The molecular formula is C16H15ClN2O. The van der Waals surface area contributed by atoms with E-state index >= 15 is 0 Å². The van der Waals surface area contributed by atoms with Gasteiger partial charge in [0.1, 0.15) is 0 Å². The van der Waals surface area contributed by atoms with E-state index in [0.717, 1.165) is 11.1 Å². The average Bonchev–Trinajstić information content (AvgIpc) is 2.45. The van der Waals surface area contributed by atoms with Crippen LogP contribution in [0.4, 0.5) is 0 Å². The van der Waals surface area contributed by atoms with Crippen molar-refractivity contribution in [3.8, 4) is 0 Å². The summed E-state index contributed by atoms with van der Waals surface area (Å²) in [6.07, 6.45) is 0. The topological polar surface area (TPSA) is 41.5 Å². The molecule has 1 N–H and O–H groups in total. The summed E-state index contributed by atoms with van der Waals surface area (Å²) < 4.78 is 0. The third kappa shape index (κ3) is 3.45. The smallest absolute Gasteiger partial charge is 0.267 e. The standard InChI is InChI=1S/C16H15ClN2O/c1-11-7-9-13(10-8-11)16(20)19-18-12(2)14-5-3-4-6-15(14)17/h3-10H,1-2H3,(H,19,20). The van der Waals surface area contributed by atoms with Crippen LogP contribution in [0.25, 0.3) is 0 Å². The first-order chi connectivity index (χ1) is 9.58. The summed E-state index contributed by atoms with van der Waals surface area (Å²) >= 11 is 6.08. The molecule has 20 heavy (non-hydrogen) atoms. The summed E-state index contributed by atoms with van der Waals surface area (Å²) in [6.45, 7) is 3.78. The fourth-order valence-corrected chi connectivity index (χ4v) is 1.99. The van der Waals surface area contributed by atoms with Crippen molar-refractivity contribution in [2.75, 3.05) is 0 Å². The summed E-state index contributed by atoms with van der Waals surface area (Å²) in [5, 5.41) is 4.70. The molecule has 2 aromatic carbocycles. The molecule has 2 aromatic rings. The molecule has 0 saturated carbocycles. The predicted molar refractivity (Wildman–Crippen MR) is 82.3 cm³/mol. The van der Waals surface area contributed by atoms with E-state index in [1.807, 2.05) is 37.3 Å². The maximum Gasteiger partial charge on any atom is 0.271 e. The molecule has 1 amide bonds. The van der Waals surface area contributed by atoms with Gasteiger partial charge in [-0.2, -0.15) is 5.10 Å². The number of hydrogen-bond donors (Lipinski definition) is 1. The van der Waals surface area contributed by atoms with E-state index in [4.69, 9.17) is 11.6 Å². The Balaban J connectivity index is 2.11. The first kappa shape index (κ1) is 14.3. The predicted octanol–water partition coefficient (Wildman–Crippen LogP) is 3.80. The zero-order valence-corrected chi connectivity index (χ0v) is 12.1. The zero-order chi connectivity index (χ0) is 14.5. The van der Waals surface area contributed by atoms with Crippen molar-refractivity contribution >= 4 is 23.2 Å². The Labute approximate surface area is 123 Å². The summed E-state index contributed by atoms with van der Waals surface area (Å²) in [4.78, 5) is 11.9. The van der Waals surface area contributed by atoms with E-state index in [2.05, 4.69) is 10.5 Å². The monoisotopic (exact) mass is 286 g/mol. The molecule has 2 rings (SSSR count). The van der Waals surface area contributed by atoms with Crippen LogP contribution in [0.15, 0.2) is 53.6 Å². The van der Waals surface area contributed by atoms with Crippen molar-refractivity contribution in [1.29, 1.82) is 0 Å². The van der Waals surface area contributed by atoms with Crippen molar-refractivity contribution < 1.29 is 4.79 Å². The van der Waals surface area contributed by atoms with Gasteiger partial charge in [0.2, 0.25) is 0 Å². The van der Waals surface area contributed by atoms with E-state index < -0.39 is 0 Å². The van der Waals surface area contributed by atoms with Gasteiger partial charge in [-0.15, -0.1) is 0 Å². The van der Waals surface area contributed by atoms with Gasteiger partial charge in [0.15, 0.2) is 0 Å². The van der Waals surface area contributed by atoms with Crippen LogP contribution in [-0.4, -0.2) is 11.6 Å². The minimum Gasteiger partial charge on any atom is -0.267 e. The lowest BCUT2D eigenvalue weighted by Crippen LogP contribution is -2.19. The lowest BCUT2D eigenvalue weighted by Gasteiger charge is -2.05. The van der Waals surface area contributed by atoms with E-state index in [-0.39, 0.29) is 5.91 Å². The Morgan fingerprint density at radius 3 is 2.40 bits per heavy atom. The Hall–Kier alpha value is -2.13. The number of hydrazone groups is 1. The second-order valence-electron chi connectivity index (χ2n) is 4.48. The Morgan fingerprint density at radius 2 is 1.75 bits per heavy atom. The van der Waals surface area contributed by atoms with Gasteiger partial charge < -0.3 is 0 Å². The number of benzene rings is 2. The molecule has 0 bridgehead atoms. The molecule has 0 saturated heterocycles. The molecule has 0 fully saturated rings. The minimum absolute atomic E-state index is 0.239. The second kappa shape index (κ2) is 6.35. The van der Waals surface area contributed by atoms with Gasteiger partial charge in [0, 0.05) is 16.1 Å². The lowest BCUT2D eigenvalue weighted by atomic mass is 10.1. The van der Waals surface area contributed by atoms with Gasteiger partial charge in [0.05, 0.1) is 5.71 Å². The maximum absolute atomic E-state index is 11.9. The number of rotatable bonds is 3. The third-order valence-corrected chi connectivity index (χ3v) is 3.23. The van der Waals surface area contributed by atoms with E-state index in [0.29, 0.717) is 16.3 Å². The molecule has 0 unspecified atom stereocenters. The highest BCUT2D eigenvalue weighted by Crippen LogP contribution is 2.15. The fourth-order valence-electron chi connectivity index (χ4n) is 1.72. The number of hydrogen-bond acceptors (Lipinski definition) is 2. The Morgan fingerprint density at radius 1 is 1.10 bits per heavy atom. The van der Waals surface area contributed by atoms with Gasteiger partial charge in [-0.1, -0.05) is 47.5 Å². The van der Waals surface area contributed by atoms with Crippen molar-refractivity contribution in [3.63, 3.8) is 0 Å². The van der Waals surface area contributed by atoms with Crippen LogP contribution < -0.4 is 5.43 Å². The fraction of sp³-hybridized carbons (Fsp3) is 0.125. The van der Waals surface area contributed by atoms with Crippen LogP contribution in [0.1, 0.15) is 28.4 Å². The lowest BCUT2D eigenvalue weighted by molar-refractivity contribution is 0.0955. The molecule has 0 heterocycles. The molecule has 0 atom stereocenters. The van der Waals surface area contributed by atoms with Crippen molar-refractivity contribution in [3.05, 3.63) is 70.2 Å². The highest BCUT2D eigenvalue weighted by Gasteiger charge is 2.06. The molecule has 3 nitrogen and oxygen atoms in total. The largest absolute Gasteiger partial charge is 0.271 e. The number of halogens is 1. The molecule has 0 aliphatic rings. The highest BCUT2D eigenvalue weighted by atomic mass is 35.5. The summed E-state index contributed by atoms with van der Waals surface area (Å²) in [7, 11) is 0. The molecule has 0 radical (unpaired) electrons. The number of amides is 1. The summed E-state index contributed by atoms with van der Waals surface area (Å²) in [5.41, 5.74) is 5.69. The number of nitrogens with zero attached hydrogens (tertiary/aromatic N) is 1. The second-order valence-corrected chi connectivity index (χ2v) is 4.89. The Kier molecular flexibility index (Phi) is 4.53. The molecule has 0 aliphatic carbocycles. The van der Waals surface area contributed by atoms with E-state index in [9.17, 15) is 4.79 Å². The SMILES string of the molecule is CC(=NNC(=O)c1ccc(C)cc1)c1ccccc1Cl. The average molecular weight is 287 g/mol. The molecule has 102 valence electrons. The maximum atomic E-state index is 11.9. The first-order valence-electron chi connectivity index (χ1n) is 6.24. The van der Waals surface area contributed by atoms with Gasteiger partial charge >= 0.3 is 0 Å². The van der Waals surface area contributed by atoms with Crippen LogP contribution in [0.2, 0.25) is 5.02 Å². The Bertz CT molecular complexity index is 648. The molecule has 4 heteroatoms. The quantitative estimate of drug-likeness (QED) is 0.677. The van der Waals surface area contributed by atoms with Crippen molar-refractivity contribution in [2.45, 2.75) is 13.8 Å². The van der Waals surface area contributed by atoms with Crippen LogP contribution in [0, 0.1) is 6.92 Å². The van der Waals surface area contributed by atoms with Gasteiger partial charge in [-0.3, -0.25) is 4.79 Å². The van der Waals surface area contributed by atoms with Crippen molar-refractivity contribution in [1.82, 2.24) is 5.43 Å². The zero-order valence-electron chi connectivity index (χ0n) is 11.4. The summed E-state index contributed by atoms with van der Waals surface area (Å²) in [5.74, 6) is -0.239. The van der Waals surface area contributed by atoms with Crippen LogP contribution in [0.3, 0.4) is 0 Å². The van der Waals surface area contributed by atoms with Gasteiger partial charge in [0.25, 0.3) is 5.91 Å². The van der Waals surface area contributed by atoms with Crippen LogP contribution in [0.5, 0.6) is 0 Å².